The molecule has 0 aliphatic heterocycles. The van der Waals surface area contributed by atoms with Crippen molar-refractivity contribution in [3.63, 3.8) is 0 Å². The molecule has 1 saturated carbocycles. The van der Waals surface area contributed by atoms with Crippen molar-refractivity contribution < 1.29 is 14.3 Å². The lowest BCUT2D eigenvalue weighted by Gasteiger charge is -2.27. The van der Waals surface area contributed by atoms with E-state index in [1.165, 1.54) is 7.11 Å². The van der Waals surface area contributed by atoms with E-state index in [2.05, 4.69) is 10.3 Å². The Hall–Kier alpha value is -2.01. The molecular formula is C17H19ClN2O3. The van der Waals surface area contributed by atoms with Gasteiger partial charge in [0, 0.05) is 22.0 Å². The molecule has 122 valence electrons. The third-order valence-electron chi connectivity index (χ3n) is 4.42. The molecule has 3 rings (SSSR count). The average molecular weight is 335 g/mol. The van der Waals surface area contributed by atoms with Gasteiger partial charge in [-0.05, 0) is 49.9 Å². The molecule has 2 aromatic rings. The fourth-order valence-electron chi connectivity index (χ4n) is 3.13. The van der Waals surface area contributed by atoms with Crippen LogP contribution in [0.1, 0.15) is 36.2 Å². The van der Waals surface area contributed by atoms with Crippen LogP contribution in [0.15, 0.2) is 24.3 Å². The average Bonchev–Trinajstić information content (AvgIpc) is 2.98. The molecular weight excluding hydrogens is 316 g/mol. The van der Waals surface area contributed by atoms with Crippen LogP contribution in [0.25, 0.3) is 10.9 Å². The first-order valence-corrected chi connectivity index (χ1v) is 8.11. The summed E-state index contributed by atoms with van der Waals surface area (Å²) in [4.78, 5) is 27.0. The van der Waals surface area contributed by atoms with Gasteiger partial charge in [-0.15, -0.1) is 0 Å². The van der Waals surface area contributed by atoms with Gasteiger partial charge in [-0.3, -0.25) is 9.59 Å². The number of methoxy groups -OCH3 is 1. The second-order valence-corrected chi connectivity index (χ2v) is 6.40. The van der Waals surface area contributed by atoms with Crippen molar-refractivity contribution in [2.45, 2.75) is 31.7 Å². The summed E-state index contributed by atoms with van der Waals surface area (Å²) in [5, 5.41) is 4.59. The van der Waals surface area contributed by atoms with Gasteiger partial charge in [0.25, 0.3) is 5.91 Å². The molecule has 1 amide bonds. The molecule has 0 unspecified atom stereocenters. The van der Waals surface area contributed by atoms with Gasteiger partial charge in [-0.1, -0.05) is 11.6 Å². The normalized spacial score (nSPS) is 21.1. The molecule has 1 aromatic heterocycles. The van der Waals surface area contributed by atoms with Crippen LogP contribution in [0.5, 0.6) is 0 Å². The van der Waals surface area contributed by atoms with E-state index in [-0.39, 0.29) is 23.8 Å². The molecule has 1 aliphatic carbocycles. The summed E-state index contributed by atoms with van der Waals surface area (Å²) in [6.45, 7) is 0. The number of carbonyl (C=O) groups is 2. The fraction of sp³-hybridized carbons (Fsp3) is 0.412. The highest BCUT2D eigenvalue weighted by Crippen LogP contribution is 2.26. The summed E-state index contributed by atoms with van der Waals surface area (Å²) >= 11 is 5.96. The number of aromatic nitrogens is 1. The Labute approximate surface area is 139 Å². The topological polar surface area (TPSA) is 71.2 Å². The second-order valence-electron chi connectivity index (χ2n) is 5.96. The van der Waals surface area contributed by atoms with Crippen LogP contribution in [-0.4, -0.2) is 30.0 Å². The second kappa shape index (κ2) is 6.62. The first kappa shape index (κ1) is 15.9. The Balaban J connectivity index is 1.62. The minimum atomic E-state index is -0.151. The van der Waals surface area contributed by atoms with Crippen molar-refractivity contribution in [1.82, 2.24) is 10.3 Å². The predicted octanol–water partition coefficient (Wildman–Crippen LogP) is 3.28. The van der Waals surface area contributed by atoms with E-state index in [0.29, 0.717) is 10.7 Å². The summed E-state index contributed by atoms with van der Waals surface area (Å²) in [5.41, 5.74) is 1.41. The SMILES string of the molecule is COC(=O)C1CCC(NC(=O)c2cc3cc(Cl)ccc3[nH]2)CC1. The molecule has 1 heterocycles. The van der Waals surface area contributed by atoms with Crippen LogP contribution >= 0.6 is 11.6 Å². The first-order chi connectivity index (χ1) is 11.1. The monoisotopic (exact) mass is 334 g/mol. The molecule has 1 aliphatic rings. The molecule has 5 nitrogen and oxygen atoms in total. The van der Waals surface area contributed by atoms with Crippen molar-refractivity contribution in [3.05, 3.63) is 35.0 Å². The number of H-pyrrole nitrogens is 1. The Bertz CT molecular complexity index is 733. The lowest BCUT2D eigenvalue weighted by molar-refractivity contribution is -0.146. The first-order valence-electron chi connectivity index (χ1n) is 7.74. The minimum Gasteiger partial charge on any atom is -0.469 e. The largest absolute Gasteiger partial charge is 0.469 e. The van der Waals surface area contributed by atoms with Gasteiger partial charge in [-0.2, -0.15) is 0 Å². The molecule has 0 saturated heterocycles. The Kier molecular flexibility index (Phi) is 4.57. The fourth-order valence-corrected chi connectivity index (χ4v) is 3.31. The maximum Gasteiger partial charge on any atom is 0.308 e. The van der Waals surface area contributed by atoms with E-state index in [1.54, 1.807) is 12.1 Å². The zero-order valence-electron chi connectivity index (χ0n) is 12.9. The van der Waals surface area contributed by atoms with Gasteiger partial charge in [0.1, 0.15) is 5.69 Å². The Morgan fingerprint density at radius 2 is 1.96 bits per heavy atom. The standard InChI is InChI=1S/C17H19ClN2O3/c1-23-17(22)10-2-5-13(6-3-10)19-16(21)15-9-11-8-12(18)4-7-14(11)20-15/h4,7-10,13,20H,2-3,5-6H2,1H3,(H,19,21). The van der Waals surface area contributed by atoms with Crippen LogP contribution in [0.4, 0.5) is 0 Å². The lowest BCUT2D eigenvalue weighted by Crippen LogP contribution is -2.39. The van der Waals surface area contributed by atoms with E-state index >= 15 is 0 Å². The molecule has 23 heavy (non-hydrogen) atoms. The number of carbonyl (C=O) groups excluding carboxylic acids is 2. The predicted molar refractivity (Wildman–Crippen MR) is 88.5 cm³/mol. The summed E-state index contributed by atoms with van der Waals surface area (Å²) < 4.78 is 4.78. The number of ether oxygens (including phenoxy) is 1. The number of amides is 1. The zero-order valence-corrected chi connectivity index (χ0v) is 13.7. The van der Waals surface area contributed by atoms with Gasteiger partial charge in [0.05, 0.1) is 13.0 Å². The number of aromatic amines is 1. The highest BCUT2D eigenvalue weighted by molar-refractivity contribution is 6.31. The molecule has 1 fully saturated rings. The molecule has 0 atom stereocenters. The van der Waals surface area contributed by atoms with E-state index in [0.717, 1.165) is 36.6 Å². The smallest absolute Gasteiger partial charge is 0.308 e. The van der Waals surface area contributed by atoms with E-state index in [1.807, 2.05) is 12.1 Å². The number of halogens is 1. The van der Waals surface area contributed by atoms with Crippen molar-refractivity contribution in [2.24, 2.45) is 5.92 Å². The third-order valence-corrected chi connectivity index (χ3v) is 4.66. The Morgan fingerprint density at radius 3 is 2.65 bits per heavy atom. The maximum atomic E-state index is 12.4. The van der Waals surface area contributed by atoms with Crippen LogP contribution in [-0.2, 0) is 9.53 Å². The van der Waals surface area contributed by atoms with Gasteiger partial charge < -0.3 is 15.0 Å². The van der Waals surface area contributed by atoms with Crippen LogP contribution in [0, 0.1) is 5.92 Å². The van der Waals surface area contributed by atoms with Crippen molar-refractivity contribution in [2.75, 3.05) is 7.11 Å². The molecule has 0 bridgehead atoms. The highest BCUT2D eigenvalue weighted by atomic mass is 35.5. The number of hydrogen-bond acceptors (Lipinski definition) is 3. The van der Waals surface area contributed by atoms with Crippen molar-refractivity contribution >= 4 is 34.4 Å². The number of rotatable bonds is 3. The Morgan fingerprint density at radius 1 is 1.22 bits per heavy atom. The minimum absolute atomic E-state index is 0.0385. The van der Waals surface area contributed by atoms with Crippen molar-refractivity contribution in [1.29, 1.82) is 0 Å². The van der Waals surface area contributed by atoms with Gasteiger partial charge >= 0.3 is 5.97 Å². The van der Waals surface area contributed by atoms with Gasteiger partial charge in [-0.25, -0.2) is 0 Å². The van der Waals surface area contributed by atoms with E-state index < -0.39 is 0 Å². The molecule has 1 aromatic carbocycles. The number of hydrogen-bond donors (Lipinski definition) is 2. The van der Waals surface area contributed by atoms with Crippen LogP contribution in [0.2, 0.25) is 5.02 Å². The molecule has 6 heteroatoms. The van der Waals surface area contributed by atoms with Crippen LogP contribution < -0.4 is 5.32 Å². The molecule has 0 radical (unpaired) electrons. The molecule has 2 N–H and O–H groups in total. The third kappa shape index (κ3) is 3.50. The number of fused-ring (bicyclic) bond motifs is 1. The summed E-state index contributed by atoms with van der Waals surface area (Å²) in [6.07, 6.45) is 3.08. The lowest BCUT2D eigenvalue weighted by atomic mass is 9.86. The number of nitrogens with one attached hydrogen (secondary N) is 2. The van der Waals surface area contributed by atoms with E-state index in [4.69, 9.17) is 16.3 Å². The number of benzene rings is 1. The zero-order chi connectivity index (χ0) is 16.4. The highest BCUT2D eigenvalue weighted by Gasteiger charge is 2.28. The molecule has 0 spiro atoms. The summed E-state index contributed by atoms with van der Waals surface area (Å²) in [7, 11) is 1.42. The summed E-state index contributed by atoms with van der Waals surface area (Å²) in [6, 6.07) is 7.37. The van der Waals surface area contributed by atoms with Gasteiger partial charge in [0.15, 0.2) is 0 Å². The van der Waals surface area contributed by atoms with Crippen LogP contribution in [0.3, 0.4) is 0 Å². The maximum absolute atomic E-state index is 12.4. The van der Waals surface area contributed by atoms with E-state index in [9.17, 15) is 9.59 Å². The quantitative estimate of drug-likeness (QED) is 0.846. The summed E-state index contributed by atoms with van der Waals surface area (Å²) in [5.74, 6) is -0.315. The van der Waals surface area contributed by atoms with Gasteiger partial charge in [0.2, 0.25) is 0 Å². The van der Waals surface area contributed by atoms with Crippen molar-refractivity contribution in [3.8, 4) is 0 Å². The number of esters is 1.